The predicted octanol–water partition coefficient (Wildman–Crippen LogP) is 4.17. The summed E-state index contributed by atoms with van der Waals surface area (Å²) in [7, 11) is 0. The van der Waals surface area contributed by atoms with E-state index in [1.807, 2.05) is 0 Å². The molecule has 2 rings (SSSR count). The molecule has 0 aromatic heterocycles. The van der Waals surface area contributed by atoms with Crippen molar-refractivity contribution in [2.75, 3.05) is 5.32 Å². The Morgan fingerprint density at radius 3 is 2.50 bits per heavy atom. The topological polar surface area (TPSA) is 58.2 Å². The van der Waals surface area contributed by atoms with Crippen molar-refractivity contribution >= 4 is 35.2 Å². The van der Waals surface area contributed by atoms with Crippen LogP contribution in [0.5, 0.6) is 0 Å². The third-order valence-corrected chi connectivity index (χ3v) is 3.57. The first-order chi connectivity index (χ1) is 12.3. The first-order valence-electron chi connectivity index (χ1n) is 7.43. The van der Waals surface area contributed by atoms with Crippen molar-refractivity contribution in [3.8, 4) is 0 Å². The molecule has 0 aliphatic rings. The zero-order valence-electron chi connectivity index (χ0n) is 13.3. The van der Waals surface area contributed by atoms with Gasteiger partial charge in [-0.2, -0.15) is 13.2 Å². The Bertz CT molecular complexity index is 835. The van der Waals surface area contributed by atoms with Crippen molar-refractivity contribution < 1.29 is 22.8 Å². The second kappa shape index (κ2) is 8.53. The van der Waals surface area contributed by atoms with Crippen LogP contribution in [-0.4, -0.2) is 18.0 Å². The Morgan fingerprint density at radius 1 is 1.08 bits per heavy atom. The van der Waals surface area contributed by atoms with Crippen LogP contribution in [0.1, 0.15) is 11.1 Å². The molecule has 4 nitrogen and oxygen atoms in total. The molecule has 0 radical (unpaired) electrons. The highest BCUT2D eigenvalue weighted by molar-refractivity contribution is 6.32. The van der Waals surface area contributed by atoms with Crippen molar-refractivity contribution in [1.82, 2.24) is 5.32 Å². The van der Waals surface area contributed by atoms with Gasteiger partial charge in [0.1, 0.15) is 0 Å². The molecule has 0 bridgehead atoms. The summed E-state index contributed by atoms with van der Waals surface area (Å²) in [5.41, 5.74) is 1.47. The first-order valence-corrected chi connectivity index (χ1v) is 7.81. The van der Waals surface area contributed by atoms with Crippen LogP contribution >= 0.6 is 11.6 Å². The summed E-state index contributed by atoms with van der Waals surface area (Å²) in [6.07, 6.45) is -2.10. The molecule has 0 unspecified atom stereocenters. The maximum atomic E-state index is 12.2. The van der Waals surface area contributed by atoms with Crippen molar-refractivity contribution in [3.63, 3.8) is 0 Å². The van der Waals surface area contributed by atoms with E-state index in [2.05, 4.69) is 5.32 Å². The van der Waals surface area contributed by atoms with Gasteiger partial charge in [0.25, 0.3) is 0 Å². The van der Waals surface area contributed by atoms with E-state index in [4.69, 9.17) is 11.6 Å². The standard InChI is InChI=1S/C18H14ClF3N2O2/c19-15-7-2-1-5-13(15)8-9-16(25)24-14-6-3-4-12(10-14)11-23-17(26)18(20,21)22/h1-10H,11H2,(H,23,26)(H,24,25)/b9-8+. The van der Waals surface area contributed by atoms with E-state index in [1.165, 1.54) is 18.2 Å². The highest BCUT2D eigenvalue weighted by Crippen LogP contribution is 2.17. The Kier molecular flexibility index (Phi) is 6.41. The van der Waals surface area contributed by atoms with Crippen LogP contribution in [0.3, 0.4) is 0 Å². The van der Waals surface area contributed by atoms with E-state index in [-0.39, 0.29) is 6.54 Å². The molecule has 2 N–H and O–H groups in total. The van der Waals surface area contributed by atoms with Crippen LogP contribution in [0.25, 0.3) is 6.08 Å². The van der Waals surface area contributed by atoms with Crippen molar-refractivity contribution in [3.05, 3.63) is 70.8 Å². The first kappa shape index (κ1) is 19.5. The van der Waals surface area contributed by atoms with Crippen molar-refractivity contribution in [2.45, 2.75) is 12.7 Å². The van der Waals surface area contributed by atoms with Gasteiger partial charge in [-0.15, -0.1) is 0 Å². The van der Waals surface area contributed by atoms with Crippen LogP contribution in [-0.2, 0) is 16.1 Å². The number of benzene rings is 2. The number of amides is 2. The van der Waals surface area contributed by atoms with Gasteiger partial charge in [0, 0.05) is 23.3 Å². The Balaban J connectivity index is 1.96. The smallest absolute Gasteiger partial charge is 0.344 e. The summed E-state index contributed by atoms with van der Waals surface area (Å²) in [5.74, 6) is -2.45. The minimum atomic E-state index is -4.94. The van der Waals surface area contributed by atoms with Gasteiger partial charge in [0.05, 0.1) is 0 Å². The van der Waals surface area contributed by atoms with Gasteiger partial charge >= 0.3 is 12.1 Å². The number of carbonyl (C=O) groups excluding carboxylic acids is 2. The van der Waals surface area contributed by atoms with Gasteiger partial charge < -0.3 is 10.6 Å². The second-order valence-corrected chi connectivity index (χ2v) is 5.63. The van der Waals surface area contributed by atoms with Crippen LogP contribution in [0.15, 0.2) is 54.6 Å². The third-order valence-electron chi connectivity index (χ3n) is 3.22. The highest BCUT2D eigenvalue weighted by atomic mass is 35.5. The van der Waals surface area contributed by atoms with E-state index >= 15 is 0 Å². The number of alkyl halides is 3. The summed E-state index contributed by atoms with van der Waals surface area (Å²) < 4.78 is 36.5. The zero-order chi connectivity index (χ0) is 19.2. The van der Waals surface area contributed by atoms with E-state index < -0.39 is 18.0 Å². The number of halogens is 4. The van der Waals surface area contributed by atoms with Crippen LogP contribution in [0.4, 0.5) is 18.9 Å². The molecule has 0 aliphatic carbocycles. The van der Waals surface area contributed by atoms with Gasteiger partial charge in [0.15, 0.2) is 0 Å². The van der Waals surface area contributed by atoms with E-state index in [1.54, 1.807) is 47.8 Å². The van der Waals surface area contributed by atoms with Gasteiger partial charge in [-0.05, 0) is 35.4 Å². The quantitative estimate of drug-likeness (QED) is 0.762. The van der Waals surface area contributed by atoms with Crippen molar-refractivity contribution in [1.29, 1.82) is 0 Å². The average molecular weight is 383 g/mol. The van der Waals surface area contributed by atoms with Crippen LogP contribution < -0.4 is 10.6 Å². The summed E-state index contributed by atoms with van der Waals surface area (Å²) >= 11 is 5.98. The van der Waals surface area contributed by atoms with Gasteiger partial charge in [-0.3, -0.25) is 9.59 Å². The van der Waals surface area contributed by atoms with Gasteiger partial charge in [0.2, 0.25) is 5.91 Å². The molecule has 0 spiro atoms. The van der Waals surface area contributed by atoms with Gasteiger partial charge in [-0.1, -0.05) is 41.9 Å². The molecule has 0 aliphatic heterocycles. The molecule has 0 atom stereocenters. The Morgan fingerprint density at radius 2 is 1.81 bits per heavy atom. The molecule has 136 valence electrons. The molecule has 0 saturated heterocycles. The monoisotopic (exact) mass is 382 g/mol. The summed E-state index contributed by atoms with van der Waals surface area (Å²) in [4.78, 5) is 22.8. The van der Waals surface area contributed by atoms with Gasteiger partial charge in [-0.25, -0.2) is 0 Å². The molecule has 26 heavy (non-hydrogen) atoms. The van der Waals surface area contributed by atoms with Crippen LogP contribution in [0.2, 0.25) is 5.02 Å². The minimum Gasteiger partial charge on any atom is -0.344 e. The van der Waals surface area contributed by atoms with Crippen LogP contribution in [0, 0.1) is 0 Å². The fraction of sp³-hybridized carbons (Fsp3) is 0.111. The molecule has 0 heterocycles. The fourth-order valence-electron chi connectivity index (χ4n) is 2.00. The number of rotatable bonds is 5. The largest absolute Gasteiger partial charge is 0.471 e. The second-order valence-electron chi connectivity index (χ2n) is 5.22. The maximum Gasteiger partial charge on any atom is 0.471 e. The van der Waals surface area contributed by atoms with Crippen molar-refractivity contribution in [2.24, 2.45) is 0 Å². The Labute approximate surface area is 152 Å². The zero-order valence-corrected chi connectivity index (χ0v) is 14.1. The lowest BCUT2D eigenvalue weighted by Crippen LogP contribution is -2.36. The SMILES string of the molecule is O=C(/C=C/c1ccccc1Cl)Nc1cccc(CNC(=O)C(F)(F)F)c1. The molecule has 2 aromatic carbocycles. The summed E-state index contributed by atoms with van der Waals surface area (Å²) in [6.45, 7) is -0.308. The number of carbonyl (C=O) groups is 2. The predicted molar refractivity (Wildman–Crippen MR) is 93.5 cm³/mol. The van der Waals surface area contributed by atoms with E-state index in [0.29, 0.717) is 21.8 Å². The fourth-order valence-corrected chi connectivity index (χ4v) is 2.20. The number of nitrogens with one attached hydrogen (secondary N) is 2. The number of hydrogen-bond donors (Lipinski definition) is 2. The molecule has 0 fully saturated rings. The van der Waals surface area contributed by atoms with E-state index in [0.717, 1.165) is 0 Å². The average Bonchev–Trinajstić information content (AvgIpc) is 2.58. The van der Waals surface area contributed by atoms with E-state index in [9.17, 15) is 22.8 Å². The Hall–Kier alpha value is -2.80. The summed E-state index contributed by atoms with van der Waals surface area (Å²) in [6, 6.07) is 13.1. The normalized spacial score (nSPS) is 11.4. The lowest BCUT2D eigenvalue weighted by Gasteiger charge is -2.09. The number of hydrogen-bond acceptors (Lipinski definition) is 2. The maximum absolute atomic E-state index is 12.2. The summed E-state index contributed by atoms with van der Waals surface area (Å²) in [5, 5.41) is 4.85. The molecule has 2 amide bonds. The molecule has 2 aromatic rings. The molecule has 0 saturated carbocycles. The molecular formula is C18H14ClF3N2O2. The lowest BCUT2D eigenvalue weighted by molar-refractivity contribution is -0.173. The molecule has 8 heteroatoms. The highest BCUT2D eigenvalue weighted by Gasteiger charge is 2.38. The molecular weight excluding hydrogens is 369 g/mol. The third kappa shape index (κ3) is 5.93. The lowest BCUT2D eigenvalue weighted by atomic mass is 10.2. The minimum absolute atomic E-state index is 0.308. The number of anilines is 1.